The first-order chi connectivity index (χ1) is 14.1. The maximum absolute atomic E-state index is 12.6. The predicted octanol–water partition coefficient (Wildman–Crippen LogP) is 0.272. The summed E-state index contributed by atoms with van der Waals surface area (Å²) in [6, 6.07) is 10.9. The highest BCUT2D eigenvalue weighted by Gasteiger charge is 2.43. The number of benzene rings is 1. The summed E-state index contributed by atoms with van der Waals surface area (Å²) in [6.07, 6.45) is 2.21. The van der Waals surface area contributed by atoms with Crippen molar-refractivity contribution < 1.29 is 9.59 Å². The summed E-state index contributed by atoms with van der Waals surface area (Å²) in [5.74, 6) is 0.389. The van der Waals surface area contributed by atoms with Crippen LogP contribution in [0.2, 0.25) is 0 Å². The number of nitrogens with one attached hydrogen (secondary N) is 2. The van der Waals surface area contributed by atoms with E-state index < -0.39 is 0 Å². The monoisotopic (exact) mass is 399 g/mol. The Bertz CT molecular complexity index is 704. The van der Waals surface area contributed by atoms with Crippen LogP contribution in [-0.2, 0) is 16.1 Å². The highest BCUT2D eigenvalue weighted by atomic mass is 16.2. The van der Waals surface area contributed by atoms with Gasteiger partial charge in [0.05, 0.1) is 6.04 Å². The van der Waals surface area contributed by atoms with E-state index in [-0.39, 0.29) is 23.9 Å². The molecular formula is C22H33N5O2. The summed E-state index contributed by atoms with van der Waals surface area (Å²) < 4.78 is 0. The fourth-order valence-corrected chi connectivity index (χ4v) is 4.75. The molecule has 0 aromatic heterocycles. The lowest BCUT2D eigenvalue weighted by Crippen LogP contribution is -2.58. The van der Waals surface area contributed by atoms with Crippen molar-refractivity contribution in [1.29, 1.82) is 0 Å². The molecule has 29 heavy (non-hydrogen) atoms. The molecule has 0 aliphatic carbocycles. The number of amides is 2. The van der Waals surface area contributed by atoms with Gasteiger partial charge >= 0.3 is 0 Å². The van der Waals surface area contributed by atoms with Gasteiger partial charge in [0, 0.05) is 64.3 Å². The standard InChI is InChI=1S/C22H33N5O2/c1-25-9-11-26(12-10-25)21(28)8-7-19-15-24-22(29)20-13-18(16-27(19)20)23-14-17-5-3-2-4-6-17/h2-6,18-20,23H,7-16H2,1H3,(H,24,29)/t18-,19+,20-/m0/s1. The molecular weight excluding hydrogens is 366 g/mol. The third kappa shape index (κ3) is 4.97. The lowest BCUT2D eigenvalue weighted by atomic mass is 10.0. The predicted molar refractivity (Wildman–Crippen MR) is 112 cm³/mol. The van der Waals surface area contributed by atoms with Crippen LogP contribution < -0.4 is 10.6 Å². The molecule has 7 heteroatoms. The Balaban J connectivity index is 1.28. The largest absolute Gasteiger partial charge is 0.353 e. The Morgan fingerprint density at radius 1 is 1.17 bits per heavy atom. The van der Waals surface area contributed by atoms with E-state index in [1.807, 2.05) is 11.0 Å². The van der Waals surface area contributed by atoms with Crippen LogP contribution in [0.15, 0.2) is 30.3 Å². The van der Waals surface area contributed by atoms with Crippen molar-refractivity contribution in [2.45, 2.75) is 43.9 Å². The molecule has 4 rings (SSSR count). The summed E-state index contributed by atoms with van der Waals surface area (Å²) >= 11 is 0. The molecule has 2 amide bonds. The third-order valence-electron chi connectivity index (χ3n) is 6.61. The molecule has 3 aliphatic rings. The maximum Gasteiger partial charge on any atom is 0.237 e. The van der Waals surface area contributed by atoms with E-state index in [1.165, 1.54) is 5.56 Å². The molecule has 1 aromatic rings. The smallest absolute Gasteiger partial charge is 0.237 e. The Hall–Kier alpha value is -1.96. The van der Waals surface area contributed by atoms with E-state index in [9.17, 15) is 9.59 Å². The van der Waals surface area contributed by atoms with Gasteiger partial charge in [0.1, 0.15) is 0 Å². The number of hydrogen-bond acceptors (Lipinski definition) is 5. The molecule has 1 aromatic carbocycles. The van der Waals surface area contributed by atoms with Crippen LogP contribution in [0.1, 0.15) is 24.8 Å². The zero-order chi connectivity index (χ0) is 20.2. The van der Waals surface area contributed by atoms with E-state index >= 15 is 0 Å². The fourth-order valence-electron chi connectivity index (χ4n) is 4.75. The van der Waals surface area contributed by atoms with Crippen LogP contribution in [0.25, 0.3) is 0 Å². The zero-order valence-electron chi connectivity index (χ0n) is 17.3. The number of hydrogen-bond donors (Lipinski definition) is 2. The Kier molecular flexibility index (Phi) is 6.47. The Labute approximate surface area is 173 Å². The summed E-state index contributed by atoms with van der Waals surface area (Å²) in [7, 11) is 2.10. The number of carbonyl (C=O) groups excluding carboxylic acids is 2. The molecule has 3 heterocycles. The first kappa shape index (κ1) is 20.3. The first-order valence-corrected chi connectivity index (χ1v) is 10.9. The van der Waals surface area contributed by atoms with Gasteiger partial charge in [-0.15, -0.1) is 0 Å². The summed E-state index contributed by atoms with van der Waals surface area (Å²) in [5.41, 5.74) is 1.26. The number of likely N-dealkylation sites (N-methyl/N-ethyl adjacent to an activating group) is 1. The van der Waals surface area contributed by atoms with Gasteiger partial charge in [-0.3, -0.25) is 14.5 Å². The molecule has 3 aliphatic heterocycles. The lowest BCUT2D eigenvalue weighted by Gasteiger charge is -2.38. The van der Waals surface area contributed by atoms with Crippen molar-refractivity contribution in [3.63, 3.8) is 0 Å². The van der Waals surface area contributed by atoms with Crippen molar-refractivity contribution in [2.75, 3.05) is 46.3 Å². The molecule has 2 N–H and O–H groups in total. The fraction of sp³-hybridized carbons (Fsp3) is 0.636. The minimum atomic E-state index is -0.0687. The minimum Gasteiger partial charge on any atom is -0.353 e. The van der Waals surface area contributed by atoms with Gasteiger partial charge < -0.3 is 20.4 Å². The van der Waals surface area contributed by atoms with E-state index in [1.54, 1.807) is 0 Å². The second-order valence-corrected chi connectivity index (χ2v) is 8.63. The SMILES string of the molecule is CN1CCN(C(=O)CC[C@@H]2CNC(=O)[C@@H]3C[C@H](NCc4ccccc4)CN23)CC1. The molecule has 158 valence electrons. The molecule has 0 unspecified atom stereocenters. The molecule has 0 radical (unpaired) electrons. The second kappa shape index (κ2) is 9.24. The van der Waals surface area contributed by atoms with Gasteiger partial charge in [0.2, 0.25) is 11.8 Å². The third-order valence-corrected chi connectivity index (χ3v) is 6.61. The van der Waals surface area contributed by atoms with Crippen LogP contribution in [0.4, 0.5) is 0 Å². The second-order valence-electron chi connectivity index (χ2n) is 8.63. The number of fused-ring (bicyclic) bond motifs is 1. The summed E-state index contributed by atoms with van der Waals surface area (Å²) in [5, 5.41) is 6.68. The number of carbonyl (C=O) groups is 2. The van der Waals surface area contributed by atoms with Crippen molar-refractivity contribution in [2.24, 2.45) is 0 Å². The van der Waals surface area contributed by atoms with Gasteiger partial charge in [-0.25, -0.2) is 0 Å². The van der Waals surface area contributed by atoms with Crippen molar-refractivity contribution >= 4 is 11.8 Å². The van der Waals surface area contributed by atoms with Gasteiger partial charge in [-0.05, 0) is 25.5 Å². The number of nitrogens with zero attached hydrogens (tertiary/aromatic N) is 3. The van der Waals surface area contributed by atoms with Crippen LogP contribution in [0.3, 0.4) is 0 Å². The number of piperazine rings is 2. The number of rotatable bonds is 6. The average molecular weight is 400 g/mol. The van der Waals surface area contributed by atoms with Crippen molar-refractivity contribution in [1.82, 2.24) is 25.3 Å². The summed E-state index contributed by atoms with van der Waals surface area (Å²) in [4.78, 5) is 31.6. The molecule has 3 atom stereocenters. The van der Waals surface area contributed by atoms with Gasteiger partial charge in [0.25, 0.3) is 0 Å². The Morgan fingerprint density at radius 2 is 1.93 bits per heavy atom. The Morgan fingerprint density at radius 3 is 2.69 bits per heavy atom. The van der Waals surface area contributed by atoms with Gasteiger partial charge in [-0.1, -0.05) is 30.3 Å². The zero-order valence-corrected chi connectivity index (χ0v) is 17.3. The first-order valence-electron chi connectivity index (χ1n) is 10.9. The van der Waals surface area contributed by atoms with Gasteiger partial charge in [0.15, 0.2) is 0 Å². The quantitative estimate of drug-likeness (QED) is 0.719. The molecule has 0 spiro atoms. The molecule has 3 saturated heterocycles. The molecule has 7 nitrogen and oxygen atoms in total. The van der Waals surface area contributed by atoms with E-state index in [0.717, 1.165) is 52.1 Å². The van der Waals surface area contributed by atoms with Crippen LogP contribution in [0.5, 0.6) is 0 Å². The summed E-state index contributed by atoms with van der Waals surface area (Å²) in [6.45, 7) is 5.90. The topological polar surface area (TPSA) is 67.9 Å². The van der Waals surface area contributed by atoms with E-state index in [4.69, 9.17) is 0 Å². The van der Waals surface area contributed by atoms with E-state index in [2.05, 4.69) is 51.7 Å². The van der Waals surface area contributed by atoms with Crippen molar-refractivity contribution in [3.8, 4) is 0 Å². The highest BCUT2D eigenvalue weighted by Crippen LogP contribution is 2.26. The average Bonchev–Trinajstić information content (AvgIpc) is 3.18. The normalized spacial score (nSPS) is 28.2. The highest BCUT2D eigenvalue weighted by molar-refractivity contribution is 5.83. The molecule has 3 fully saturated rings. The van der Waals surface area contributed by atoms with E-state index in [0.29, 0.717) is 19.0 Å². The molecule has 0 saturated carbocycles. The van der Waals surface area contributed by atoms with Crippen molar-refractivity contribution in [3.05, 3.63) is 35.9 Å². The van der Waals surface area contributed by atoms with Crippen LogP contribution in [0, 0.1) is 0 Å². The maximum atomic E-state index is 12.6. The minimum absolute atomic E-state index is 0.0687. The molecule has 0 bridgehead atoms. The van der Waals surface area contributed by atoms with Crippen LogP contribution in [-0.4, -0.2) is 91.0 Å². The van der Waals surface area contributed by atoms with Gasteiger partial charge in [-0.2, -0.15) is 0 Å². The van der Waals surface area contributed by atoms with Crippen LogP contribution >= 0.6 is 0 Å². The lowest BCUT2D eigenvalue weighted by molar-refractivity contribution is -0.133.